The van der Waals surface area contributed by atoms with Gasteiger partial charge in [0.2, 0.25) is 11.8 Å². The van der Waals surface area contributed by atoms with Gasteiger partial charge in [0.15, 0.2) is 6.61 Å². The van der Waals surface area contributed by atoms with E-state index >= 15 is 0 Å². The van der Waals surface area contributed by atoms with E-state index in [1.165, 1.54) is 12.1 Å². The molecular formula is C21H17Cl2FN4O5. The number of hydrogen-bond acceptors (Lipinski definition) is 6. The third kappa shape index (κ3) is 5.35. The first-order chi connectivity index (χ1) is 15.8. The van der Waals surface area contributed by atoms with E-state index in [0.29, 0.717) is 10.6 Å². The van der Waals surface area contributed by atoms with Crippen molar-refractivity contribution in [3.05, 3.63) is 64.2 Å². The summed E-state index contributed by atoms with van der Waals surface area (Å²) in [6, 6.07) is 9.35. The Labute approximate surface area is 197 Å². The monoisotopic (exact) mass is 494 g/mol. The molecule has 2 heterocycles. The van der Waals surface area contributed by atoms with Gasteiger partial charge < -0.3 is 19.6 Å². The van der Waals surface area contributed by atoms with Crippen LogP contribution >= 0.6 is 23.2 Å². The van der Waals surface area contributed by atoms with Crippen molar-refractivity contribution in [2.45, 2.75) is 18.5 Å². The number of hydrogen-bond donors (Lipinski definition) is 2. The Morgan fingerprint density at radius 3 is 2.67 bits per heavy atom. The fourth-order valence-electron chi connectivity index (χ4n) is 3.45. The molecule has 2 atom stereocenters. The summed E-state index contributed by atoms with van der Waals surface area (Å²) >= 11 is 11.5. The Morgan fingerprint density at radius 2 is 1.97 bits per heavy atom. The molecule has 0 bridgehead atoms. The van der Waals surface area contributed by atoms with Crippen LogP contribution in [0.25, 0.3) is 11.5 Å². The fourth-order valence-corrected chi connectivity index (χ4v) is 3.69. The van der Waals surface area contributed by atoms with Crippen molar-refractivity contribution >= 4 is 35.2 Å². The van der Waals surface area contributed by atoms with Crippen molar-refractivity contribution in [1.82, 2.24) is 20.4 Å². The van der Waals surface area contributed by atoms with Crippen LogP contribution in [0.1, 0.15) is 18.4 Å². The number of carbonyl (C=O) groups is 2. The molecule has 4 rings (SSSR count). The van der Waals surface area contributed by atoms with Gasteiger partial charge in [-0.1, -0.05) is 23.2 Å². The van der Waals surface area contributed by atoms with Crippen LogP contribution in [0.4, 0.5) is 9.18 Å². The molecule has 2 aromatic carbocycles. The minimum Gasteiger partial charge on any atom is -0.484 e. The standard InChI is InChI=1S/C21H17Cl2FN4O5/c22-12-3-1-11(2-4-12)19-26-27-20(33-19)17-7-13(9-28(17)21(30)31)25-18(29)10-32-14-5-6-15(23)16(24)8-14/h1-6,8,13,17H,7,9-10H2,(H,25,29)(H,30,31)/t13-,17+/m0/s1. The van der Waals surface area contributed by atoms with E-state index < -0.39 is 29.9 Å². The molecule has 172 valence electrons. The van der Waals surface area contributed by atoms with Crippen LogP contribution in [0.3, 0.4) is 0 Å². The van der Waals surface area contributed by atoms with Crippen LogP contribution < -0.4 is 10.1 Å². The van der Waals surface area contributed by atoms with Crippen molar-refractivity contribution in [3.8, 4) is 17.2 Å². The lowest BCUT2D eigenvalue weighted by molar-refractivity contribution is -0.123. The van der Waals surface area contributed by atoms with Crippen molar-refractivity contribution in [2.24, 2.45) is 0 Å². The van der Waals surface area contributed by atoms with Gasteiger partial charge in [-0.15, -0.1) is 10.2 Å². The van der Waals surface area contributed by atoms with E-state index in [2.05, 4.69) is 15.5 Å². The maximum atomic E-state index is 13.5. The first-order valence-electron chi connectivity index (χ1n) is 9.76. The van der Waals surface area contributed by atoms with Crippen molar-refractivity contribution in [1.29, 1.82) is 0 Å². The summed E-state index contributed by atoms with van der Waals surface area (Å²) in [5.41, 5.74) is 0.638. The number of ether oxygens (including phenoxy) is 1. The maximum Gasteiger partial charge on any atom is 0.408 e. The van der Waals surface area contributed by atoms with Crippen LogP contribution in [-0.4, -0.2) is 51.4 Å². The molecule has 0 saturated carbocycles. The van der Waals surface area contributed by atoms with E-state index in [1.807, 2.05) is 0 Å². The summed E-state index contributed by atoms with van der Waals surface area (Å²) in [6.07, 6.45) is -0.952. The van der Waals surface area contributed by atoms with Crippen molar-refractivity contribution in [2.75, 3.05) is 13.2 Å². The number of carboxylic acid groups (broad SMARTS) is 1. The zero-order chi connectivity index (χ0) is 23.5. The van der Waals surface area contributed by atoms with E-state index in [-0.39, 0.29) is 42.1 Å². The second-order valence-corrected chi connectivity index (χ2v) is 8.11. The highest BCUT2D eigenvalue weighted by molar-refractivity contribution is 6.31. The van der Waals surface area contributed by atoms with Gasteiger partial charge >= 0.3 is 6.09 Å². The number of halogens is 3. The van der Waals surface area contributed by atoms with Crippen LogP contribution in [0.15, 0.2) is 46.9 Å². The lowest BCUT2D eigenvalue weighted by Gasteiger charge is -2.17. The lowest BCUT2D eigenvalue weighted by atomic mass is 10.1. The highest BCUT2D eigenvalue weighted by Crippen LogP contribution is 2.33. The molecule has 1 saturated heterocycles. The maximum absolute atomic E-state index is 13.5. The predicted molar refractivity (Wildman–Crippen MR) is 116 cm³/mol. The summed E-state index contributed by atoms with van der Waals surface area (Å²) in [7, 11) is 0. The minimum absolute atomic E-state index is 0.0277. The molecule has 1 aliphatic rings. The molecule has 12 heteroatoms. The van der Waals surface area contributed by atoms with Crippen LogP contribution in [-0.2, 0) is 4.79 Å². The zero-order valence-corrected chi connectivity index (χ0v) is 18.4. The molecule has 2 N–H and O–H groups in total. The van der Waals surface area contributed by atoms with Crippen LogP contribution in [0.2, 0.25) is 10.0 Å². The van der Waals surface area contributed by atoms with E-state index in [4.69, 9.17) is 32.4 Å². The first kappa shape index (κ1) is 22.8. The van der Waals surface area contributed by atoms with Gasteiger partial charge in [-0.05, 0) is 42.8 Å². The molecule has 0 aliphatic carbocycles. The third-order valence-electron chi connectivity index (χ3n) is 4.99. The average molecular weight is 495 g/mol. The number of nitrogens with one attached hydrogen (secondary N) is 1. The van der Waals surface area contributed by atoms with Crippen molar-refractivity contribution < 1.29 is 28.2 Å². The number of carbonyl (C=O) groups excluding carboxylic acids is 1. The summed E-state index contributed by atoms with van der Waals surface area (Å²) in [5.74, 6) is -0.671. The molecule has 1 fully saturated rings. The Balaban J connectivity index is 1.39. The van der Waals surface area contributed by atoms with Crippen LogP contribution in [0.5, 0.6) is 5.75 Å². The Hall–Kier alpha value is -3.37. The average Bonchev–Trinajstić information content (AvgIpc) is 3.42. The molecule has 33 heavy (non-hydrogen) atoms. The van der Waals surface area contributed by atoms with Gasteiger partial charge in [-0.2, -0.15) is 0 Å². The fraction of sp³-hybridized carbons (Fsp3) is 0.238. The van der Waals surface area contributed by atoms with Gasteiger partial charge in [0.05, 0.1) is 5.02 Å². The SMILES string of the molecule is O=C(COc1ccc(Cl)c(F)c1)N[C@H]1C[C@H](c2nnc(-c3ccc(Cl)cc3)o2)N(C(=O)O)C1. The van der Waals surface area contributed by atoms with E-state index in [9.17, 15) is 19.1 Å². The second-order valence-electron chi connectivity index (χ2n) is 7.27. The zero-order valence-electron chi connectivity index (χ0n) is 16.9. The topological polar surface area (TPSA) is 118 Å². The lowest BCUT2D eigenvalue weighted by Crippen LogP contribution is -2.40. The number of nitrogens with zero attached hydrogens (tertiary/aromatic N) is 3. The van der Waals surface area contributed by atoms with Gasteiger partial charge in [-0.25, -0.2) is 9.18 Å². The summed E-state index contributed by atoms with van der Waals surface area (Å²) < 4.78 is 24.5. The second kappa shape index (κ2) is 9.63. The molecule has 1 aliphatic heterocycles. The summed E-state index contributed by atoms with van der Waals surface area (Å²) in [4.78, 5) is 25.1. The molecular weight excluding hydrogens is 478 g/mol. The number of rotatable bonds is 6. The summed E-state index contributed by atoms with van der Waals surface area (Å²) in [5, 5.41) is 20.8. The Morgan fingerprint density at radius 1 is 1.21 bits per heavy atom. The molecule has 1 aromatic heterocycles. The minimum atomic E-state index is -1.18. The number of amides is 2. The van der Waals surface area contributed by atoms with Gasteiger partial charge in [0.1, 0.15) is 17.6 Å². The smallest absolute Gasteiger partial charge is 0.408 e. The largest absolute Gasteiger partial charge is 0.484 e. The van der Waals surface area contributed by atoms with Crippen molar-refractivity contribution in [3.63, 3.8) is 0 Å². The van der Waals surface area contributed by atoms with E-state index in [1.54, 1.807) is 24.3 Å². The third-order valence-corrected chi connectivity index (χ3v) is 5.55. The molecule has 0 spiro atoms. The first-order valence-corrected chi connectivity index (χ1v) is 10.5. The number of aromatic nitrogens is 2. The number of likely N-dealkylation sites (tertiary alicyclic amines) is 1. The van der Waals surface area contributed by atoms with Gasteiger partial charge in [0, 0.05) is 29.2 Å². The molecule has 0 unspecified atom stereocenters. The summed E-state index contributed by atoms with van der Waals surface area (Å²) in [6.45, 7) is -0.351. The highest BCUT2D eigenvalue weighted by atomic mass is 35.5. The molecule has 0 radical (unpaired) electrons. The predicted octanol–water partition coefficient (Wildman–Crippen LogP) is 4.17. The quantitative estimate of drug-likeness (QED) is 0.527. The number of benzene rings is 2. The normalized spacial score (nSPS) is 17.7. The Bertz CT molecular complexity index is 1170. The molecule has 9 nitrogen and oxygen atoms in total. The highest BCUT2D eigenvalue weighted by Gasteiger charge is 2.40. The molecule has 3 aromatic rings. The van der Waals surface area contributed by atoms with Gasteiger partial charge in [-0.3, -0.25) is 9.69 Å². The van der Waals surface area contributed by atoms with E-state index in [0.717, 1.165) is 11.0 Å². The van der Waals surface area contributed by atoms with Crippen LogP contribution in [0, 0.1) is 5.82 Å². The van der Waals surface area contributed by atoms with Gasteiger partial charge in [0.25, 0.3) is 5.91 Å². The Kier molecular flexibility index (Phi) is 6.66. The molecule has 2 amide bonds.